The van der Waals surface area contributed by atoms with Crippen LogP contribution >= 0.6 is 0 Å². The van der Waals surface area contributed by atoms with Crippen molar-refractivity contribution in [2.24, 2.45) is 0 Å². The van der Waals surface area contributed by atoms with E-state index in [2.05, 4.69) is 10.6 Å². The topological polar surface area (TPSA) is 70.6 Å². The van der Waals surface area contributed by atoms with E-state index in [4.69, 9.17) is 4.74 Å². The number of carbonyl (C=O) groups excluding carboxylic acids is 1. The summed E-state index contributed by atoms with van der Waals surface area (Å²) in [5, 5.41) is 15.4. The quantitative estimate of drug-likeness (QED) is 0.715. The highest BCUT2D eigenvalue weighted by atomic mass is 16.5. The molecule has 2 fully saturated rings. The number of benzene rings is 1. The van der Waals surface area contributed by atoms with E-state index in [1.165, 1.54) is 24.8 Å². The number of urea groups is 1. The number of rotatable bonds is 5. The summed E-state index contributed by atoms with van der Waals surface area (Å²) < 4.78 is 6.08. The third-order valence-electron chi connectivity index (χ3n) is 5.46. The predicted octanol–water partition coefficient (Wildman–Crippen LogP) is 3.51. The van der Waals surface area contributed by atoms with E-state index in [0.717, 1.165) is 45.1 Å². The van der Waals surface area contributed by atoms with E-state index in [-0.39, 0.29) is 23.4 Å². The van der Waals surface area contributed by atoms with Crippen molar-refractivity contribution in [1.29, 1.82) is 0 Å². The highest BCUT2D eigenvalue weighted by Crippen LogP contribution is 2.38. The highest BCUT2D eigenvalue weighted by molar-refractivity contribution is 5.74. The van der Waals surface area contributed by atoms with Crippen LogP contribution < -0.4 is 10.6 Å². The predicted molar refractivity (Wildman–Crippen MR) is 97.8 cm³/mol. The molecule has 138 valence electrons. The van der Waals surface area contributed by atoms with Crippen LogP contribution in [0.4, 0.5) is 4.79 Å². The molecule has 3 rings (SSSR count). The first-order valence-corrected chi connectivity index (χ1v) is 9.61. The monoisotopic (exact) mass is 346 g/mol. The summed E-state index contributed by atoms with van der Waals surface area (Å²) in [6, 6.07) is 7.39. The first kappa shape index (κ1) is 18.1. The average Bonchev–Trinajstić information content (AvgIpc) is 2.61. The molecule has 0 unspecified atom stereocenters. The first-order chi connectivity index (χ1) is 12.2. The SMILES string of the molecule is O=C(NCCCc1ccc(O)cc1)N[C@@H]1CCOC2(CCCCC2)C1. The van der Waals surface area contributed by atoms with Crippen molar-refractivity contribution < 1.29 is 14.6 Å². The molecule has 1 aromatic carbocycles. The maximum Gasteiger partial charge on any atom is 0.315 e. The molecule has 0 aromatic heterocycles. The van der Waals surface area contributed by atoms with Gasteiger partial charge in [0.1, 0.15) is 5.75 Å². The number of aromatic hydroxyl groups is 1. The van der Waals surface area contributed by atoms with Crippen LogP contribution in [0.15, 0.2) is 24.3 Å². The van der Waals surface area contributed by atoms with Gasteiger partial charge >= 0.3 is 6.03 Å². The van der Waals surface area contributed by atoms with Gasteiger partial charge in [-0.15, -0.1) is 0 Å². The van der Waals surface area contributed by atoms with Crippen LogP contribution in [0, 0.1) is 0 Å². The van der Waals surface area contributed by atoms with Crippen molar-refractivity contribution in [3.8, 4) is 5.75 Å². The van der Waals surface area contributed by atoms with E-state index in [9.17, 15) is 9.90 Å². The largest absolute Gasteiger partial charge is 0.508 e. The Morgan fingerprint density at radius 2 is 1.96 bits per heavy atom. The van der Waals surface area contributed by atoms with Crippen molar-refractivity contribution in [3.05, 3.63) is 29.8 Å². The number of aryl methyl sites for hydroxylation is 1. The van der Waals surface area contributed by atoms with Gasteiger partial charge in [0.25, 0.3) is 0 Å². The highest BCUT2D eigenvalue weighted by Gasteiger charge is 2.38. The Labute approximate surface area is 150 Å². The minimum atomic E-state index is -0.0661. The van der Waals surface area contributed by atoms with E-state index >= 15 is 0 Å². The molecule has 1 aliphatic heterocycles. The number of phenolic OH excluding ortho intramolecular Hbond substituents is 1. The molecule has 1 aliphatic carbocycles. The lowest BCUT2D eigenvalue weighted by atomic mass is 9.78. The third-order valence-corrected chi connectivity index (χ3v) is 5.46. The number of ether oxygens (including phenoxy) is 1. The summed E-state index contributed by atoms with van der Waals surface area (Å²) in [6.45, 7) is 1.41. The molecule has 2 aliphatic rings. The van der Waals surface area contributed by atoms with Crippen molar-refractivity contribution in [2.45, 2.75) is 69.4 Å². The van der Waals surface area contributed by atoms with Gasteiger partial charge in [-0.3, -0.25) is 0 Å². The van der Waals surface area contributed by atoms with E-state index in [0.29, 0.717) is 6.54 Å². The number of carbonyl (C=O) groups is 1. The fraction of sp³-hybridized carbons (Fsp3) is 0.650. The summed E-state index contributed by atoms with van der Waals surface area (Å²) in [5.74, 6) is 0.286. The smallest absolute Gasteiger partial charge is 0.315 e. The molecule has 1 atom stereocenters. The molecular formula is C20H30N2O3. The molecule has 1 spiro atoms. The van der Waals surface area contributed by atoms with Crippen LogP contribution in [0.2, 0.25) is 0 Å². The van der Waals surface area contributed by atoms with Crippen molar-refractivity contribution in [1.82, 2.24) is 10.6 Å². The van der Waals surface area contributed by atoms with Crippen LogP contribution in [-0.4, -0.2) is 35.9 Å². The number of hydrogen-bond donors (Lipinski definition) is 3. The van der Waals surface area contributed by atoms with Crippen LogP contribution in [0.1, 0.15) is 56.9 Å². The molecule has 0 radical (unpaired) electrons. The third kappa shape index (κ3) is 5.36. The normalized spacial score (nSPS) is 22.5. The van der Waals surface area contributed by atoms with Gasteiger partial charge < -0.3 is 20.5 Å². The molecule has 5 nitrogen and oxygen atoms in total. The second-order valence-corrected chi connectivity index (χ2v) is 7.45. The second-order valence-electron chi connectivity index (χ2n) is 7.45. The molecule has 5 heteroatoms. The van der Waals surface area contributed by atoms with Crippen molar-refractivity contribution in [3.63, 3.8) is 0 Å². The zero-order valence-electron chi connectivity index (χ0n) is 14.9. The second kappa shape index (κ2) is 8.56. The molecule has 2 amide bonds. The Hall–Kier alpha value is -1.75. The van der Waals surface area contributed by atoms with Gasteiger partial charge in [0, 0.05) is 19.2 Å². The summed E-state index contributed by atoms with van der Waals surface area (Å²) in [4.78, 5) is 12.1. The van der Waals surface area contributed by atoms with Gasteiger partial charge in [0.2, 0.25) is 0 Å². The molecule has 3 N–H and O–H groups in total. The van der Waals surface area contributed by atoms with Crippen LogP contribution in [0.3, 0.4) is 0 Å². The number of amides is 2. The lowest BCUT2D eigenvalue weighted by Gasteiger charge is -2.43. The summed E-state index contributed by atoms with van der Waals surface area (Å²) in [5.41, 5.74) is 1.19. The van der Waals surface area contributed by atoms with Crippen LogP contribution in [0.25, 0.3) is 0 Å². The Morgan fingerprint density at radius 1 is 1.20 bits per heavy atom. The summed E-state index contributed by atoms with van der Waals surface area (Å²) in [6.07, 6.45) is 9.71. The van der Waals surface area contributed by atoms with E-state index in [1.807, 2.05) is 12.1 Å². The van der Waals surface area contributed by atoms with Gasteiger partial charge in [0.15, 0.2) is 0 Å². The standard InChI is InChI=1S/C20H30N2O3/c23-18-8-6-16(7-9-18)5-4-13-21-19(24)22-17-10-14-25-20(15-17)11-2-1-3-12-20/h6-9,17,23H,1-5,10-15H2,(H2,21,22,24)/t17-/m1/s1. The summed E-state index contributed by atoms with van der Waals surface area (Å²) >= 11 is 0. The van der Waals surface area contributed by atoms with Crippen LogP contribution in [-0.2, 0) is 11.2 Å². The Kier molecular flexibility index (Phi) is 6.19. The molecule has 25 heavy (non-hydrogen) atoms. The van der Waals surface area contributed by atoms with E-state index in [1.54, 1.807) is 12.1 Å². The number of phenols is 1. The maximum absolute atomic E-state index is 12.1. The van der Waals surface area contributed by atoms with Gasteiger partial charge in [-0.25, -0.2) is 4.79 Å². The molecule has 1 saturated carbocycles. The minimum Gasteiger partial charge on any atom is -0.508 e. The minimum absolute atomic E-state index is 0.0211. The lowest BCUT2D eigenvalue weighted by Crippen LogP contribution is -2.51. The Bertz CT molecular complexity index is 547. The zero-order valence-corrected chi connectivity index (χ0v) is 14.9. The summed E-state index contributed by atoms with van der Waals surface area (Å²) in [7, 11) is 0. The molecule has 1 aromatic rings. The Morgan fingerprint density at radius 3 is 2.72 bits per heavy atom. The van der Waals surface area contributed by atoms with E-state index < -0.39 is 0 Å². The first-order valence-electron chi connectivity index (χ1n) is 9.61. The van der Waals surface area contributed by atoms with Crippen molar-refractivity contribution >= 4 is 6.03 Å². The van der Waals surface area contributed by atoms with Gasteiger partial charge in [-0.2, -0.15) is 0 Å². The molecule has 0 bridgehead atoms. The van der Waals surface area contributed by atoms with Gasteiger partial charge in [0.05, 0.1) is 5.60 Å². The fourth-order valence-electron chi connectivity index (χ4n) is 4.09. The Balaban J connectivity index is 1.35. The van der Waals surface area contributed by atoms with Gasteiger partial charge in [-0.05, 0) is 56.2 Å². The fourth-order valence-corrected chi connectivity index (χ4v) is 4.09. The van der Waals surface area contributed by atoms with Crippen molar-refractivity contribution in [2.75, 3.05) is 13.2 Å². The van der Waals surface area contributed by atoms with Crippen LogP contribution in [0.5, 0.6) is 5.75 Å². The number of hydrogen-bond acceptors (Lipinski definition) is 3. The molecular weight excluding hydrogens is 316 g/mol. The zero-order chi connectivity index (χ0) is 17.5. The number of nitrogens with one attached hydrogen (secondary N) is 2. The van der Waals surface area contributed by atoms with Gasteiger partial charge in [-0.1, -0.05) is 31.4 Å². The average molecular weight is 346 g/mol. The lowest BCUT2D eigenvalue weighted by molar-refractivity contribution is -0.107. The maximum atomic E-state index is 12.1. The molecule has 1 heterocycles. The molecule has 1 saturated heterocycles.